The van der Waals surface area contributed by atoms with Gasteiger partial charge in [-0.3, -0.25) is 0 Å². The van der Waals surface area contributed by atoms with Gasteiger partial charge in [0.05, 0.1) is 6.20 Å². The second kappa shape index (κ2) is 5.88. The molecule has 0 amide bonds. The van der Waals surface area contributed by atoms with E-state index in [0.717, 1.165) is 30.4 Å². The Kier molecular flexibility index (Phi) is 4.21. The lowest BCUT2D eigenvalue weighted by atomic mass is 10.3. The molecular weight excluding hydrogens is 240 g/mol. The molecule has 2 heterocycles. The molecule has 2 aromatic heterocycles. The van der Waals surface area contributed by atoms with Crippen molar-refractivity contribution in [2.24, 2.45) is 0 Å². The molecule has 104 valence electrons. The van der Waals surface area contributed by atoms with Gasteiger partial charge in [-0.2, -0.15) is 0 Å². The lowest BCUT2D eigenvalue weighted by Crippen LogP contribution is -2.30. The number of aromatic nitrogens is 3. The zero-order valence-corrected chi connectivity index (χ0v) is 12.0. The van der Waals surface area contributed by atoms with Crippen molar-refractivity contribution in [3.05, 3.63) is 18.6 Å². The molecule has 0 aliphatic heterocycles. The Balaban J connectivity index is 2.26. The van der Waals surface area contributed by atoms with Crippen molar-refractivity contribution in [1.82, 2.24) is 19.3 Å². The summed E-state index contributed by atoms with van der Waals surface area (Å²) in [5, 5.41) is 6.66. The number of hydrogen-bond acceptors (Lipinski definition) is 5. The molecule has 0 aliphatic rings. The molecular formula is C13H22N6. The van der Waals surface area contributed by atoms with Gasteiger partial charge in [-0.05, 0) is 27.9 Å². The van der Waals surface area contributed by atoms with Gasteiger partial charge in [0.2, 0.25) is 0 Å². The monoisotopic (exact) mass is 262 g/mol. The van der Waals surface area contributed by atoms with Crippen molar-refractivity contribution in [3.8, 4) is 0 Å². The summed E-state index contributed by atoms with van der Waals surface area (Å²) in [5.41, 5.74) is 0.854. The Morgan fingerprint density at radius 3 is 2.89 bits per heavy atom. The summed E-state index contributed by atoms with van der Waals surface area (Å²) in [5.74, 6) is 1.67. The van der Waals surface area contributed by atoms with E-state index in [2.05, 4.69) is 53.4 Å². The SMILES string of the molecule is CCNc1cn2ccnc2c(NC(C)CN(C)C)n1. The zero-order chi connectivity index (χ0) is 13.8. The van der Waals surface area contributed by atoms with Crippen molar-refractivity contribution in [3.63, 3.8) is 0 Å². The fourth-order valence-electron chi connectivity index (χ4n) is 2.12. The molecule has 0 saturated heterocycles. The van der Waals surface area contributed by atoms with Crippen LogP contribution in [0.5, 0.6) is 0 Å². The van der Waals surface area contributed by atoms with E-state index in [0.29, 0.717) is 6.04 Å². The van der Waals surface area contributed by atoms with E-state index in [1.807, 2.05) is 16.8 Å². The Morgan fingerprint density at radius 2 is 2.21 bits per heavy atom. The van der Waals surface area contributed by atoms with Crippen LogP contribution in [0.25, 0.3) is 5.65 Å². The molecule has 19 heavy (non-hydrogen) atoms. The quantitative estimate of drug-likeness (QED) is 0.826. The van der Waals surface area contributed by atoms with Crippen molar-refractivity contribution >= 4 is 17.3 Å². The Hall–Kier alpha value is -1.82. The molecule has 6 nitrogen and oxygen atoms in total. The maximum absolute atomic E-state index is 4.59. The fraction of sp³-hybridized carbons (Fsp3) is 0.538. The maximum atomic E-state index is 4.59. The molecule has 0 spiro atoms. The highest BCUT2D eigenvalue weighted by Gasteiger charge is 2.10. The molecule has 2 rings (SSSR count). The van der Waals surface area contributed by atoms with Crippen LogP contribution in [0.15, 0.2) is 18.6 Å². The number of hydrogen-bond donors (Lipinski definition) is 2. The summed E-state index contributed by atoms with van der Waals surface area (Å²) in [6.45, 7) is 5.99. The number of nitrogens with one attached hydrogen (secondary N) is 2. The van der Waals surface area contributed by atoms with Crippen molar-refractivity contribution < 1.29 is 0 Å². The number of anilines is 2. The van der Waals surface area contributed by atoms with Crippen LogP contribution in [0.1, 0.15) is 13.8 Å². The zero-order valence-electron chi connectivity index (χ0n) is 12.0. The van der Waals surface area contributed by atoms with Crippen LogP contribution in [0.4, 0.5) is 11.6 Å². The molecule has 0 aliphatic carbocycles. The highest BCUT2D eigenvalue weighted by Crippen LogP contribution is 2.17. The first-order chi connectivity index (χ1) is 9.10. The lowest BCUT2D eigenvalue weighted by molar-refractivity contribution is 0.392. The average Bonchev–Trinajstić information content (AvgIpc) is 2.76. The largest absolute Gasteiger partial charge is 0.369 e. The van der Waals surface area contributed by atoms with Gasteiger partial charge in [-0.25, -0.2) is 9.97 Å². The molecule has 2 aromatic rings. The van der Waals surface area contributed by atoms with E-state index >= 15 is 0 Å². The van der Waals surface area contributed by atoms with Crippen LogP contribution in [-0.4, -0.2) is 52.5 Å². The van der Waals surface area contributed by atoms with E-state index in [1.165, 1.54) is 0 Å². The minimum Gasteiger partial charge on any atom is -0.369 e. The topological polar surface area (TPSA) is 57.5 Å². The normalized spacial score (nSPS) is 12.9. The fourth-order valence-corrected chi connectivity index (χ4v) is 2.12. The van der Waals surface area contributed by atoms with Crippen LogP contribution in [0, 0.1) is 0 Å². The van der Waals surface area contributed by atoms with Gasteiger partial charge in [0.1, 0.15) is 5.82 Å². The highest BCUT2D eigenvalue weighted by atomic mass is 15.2. The van der Waals surface area contributed by atoms with E-state index in [1.54, 1.807) is 6.20 Å². The Labute approximate surface area is 113 Å². The van der Waals surface area contributed by atoms with E-state index < -0.39 is 0 Å². The molecule has 1 atom stereocenters. The molecule has 0 radical (unpaired) electrons. The third-order valence-corrected chi connectivity index (χ3v) is 2.75. The summed E-state index contributed by atoms with van der Waals surface area (Å²) in [6, 6.07) is 0.305. The van der Waals surface area contributed by atoms with E-state index in [4.69, 9.17) is 0 Å². The summed E-state index contributed by atoms with van der Waals surface area (Å²) in [7, 11) is 4.12. The molecule has 0 saturated carbocycles. The number of nitrogens with zero attached hydrogens (tertiary/aromatic N) is 4. The molecule has 0 bridgehead atoms. The standard InChI is InChI=1S/C13H22N6/c1-5-14-11-9-19-7-6-15-13(19)12(17-11)16-10(2)8-18(3)4/h6-7,9-10,14H,5,8H2,1-4H3,(H,16,17). The summed E-state index contributed by atoms with van der Waals surface area (Å²) in [4.78, 5) is 11.1. The molecule has 1 unspecified atom stereocenters. The minimum absolute atomic E-state index is 0.305. The van der Waals surface area contributed by atoms with Gasteiger partial charge in [-0.1, -0.05) is 0 Å². The van der Waals surface area contributed by atoms with Gasteiger partial charge in [-0.15, -0.1) is 0 Å². The van der Waals surface area contributed by atoms with Crippen LogP contribution in [-0.2, 0) is 0 Å². The average molecular weight is 262 g/mol. The number of likely N-dealkylation sites (N-methyl/N-ethyl adjacent to an activating group) is 1. The smallest absolute Gasteiger partial charge is 0.180 e. The first kappa shape index (κ1) is 13.6. The number of rotatable bonds is 6. The Bertz CT molecular complexity index is 533. The van der Waals surface area contributed by atoms with Gasteiger partial charge in [0.25, 0.3) is 0 Å². The van der Waals surface area contributed by atoms with Crippen LogP contribution >= 0.6 is 0 Å². The van der Waals surface area contributed by atoms with Gasteiger partial charge < -0.3 is 19.9 Å². The lowest BCUT2D eigenvalue weighted by Gasteiger charge is -2.19. The van der Waals surface area contributed by atoms with Crippen molar-refractivity contribution in [2.45, 2.75) is 19.9 Å². The molecule has 0 aromatic carbocycles. The third-order valence-electron chi connectivity index (χ3n) is 2.75. The molecule has 2 N–H and O–H groups in total. The third kappa shape index (κ3) is 3.35. The summed E-state index contributed by atoms with van der Waals surface area (Å²) >= 11 is 0. The summed E-state index contributed by atoms with van der Waals surface area (Å²) in [6.07, 6.45) is 5.67. The van der Waals surface area contributed by atoms with Gasteiger partial charge >= 0.3 is 0 Å². The van der Waals surface area contributed by atoms with E-state index in [9.17, 15) is 0 Å². The van der Waals surface area contributed by atoms with Gasteiger partial charge in [0.15, 0.2) is 11.5 Å². The number of fused-ring (bicyclic) bond motifs is 1. The van der Waals surface area contributed by atoms with Crippen LogP contribution in [0.3, 0.4) is 0 Å². The molecule has 6 heteroatoms. The Morgan fingerprint density at radius 1 is 1.42 bits per heavy atom. The predicted octanol–water partition coefficient (Wildman–Crippen LogP) is 1.52. The van der Waals surface area contributed by atoms with Crippen molar-refractivity contribution in [2.75, 3.05) is 37.8 Å². The first-order valence-corrected chi connectivity index (χ1v) is 6.59. The minimum atomic E-state index is 0.305. The highest BCUT2D eigenvalue weighted by molar-refractivity contribution is 5.65. The van der Waals surface area contributed by atoms with Gasteiger partial charge in [0, 0.05) is 31.5 Å². The van der Waals surface area contributed by atoms with Crippen LogP contribution < -0.4 is 10.6 Å². The second-order valence-electron chi connectivity index (χ2n) is 4.97. The van der Waals surface area contributed by atoms with Crippen LogP contribution in [0.2, 0.25) is 0 Å². The second-order valence-corrected chi connectivity index (χ2v) is 4.97. The summed E-state index contributed by atoms with van der Waals surface area (Å²) < 4.78 is 1.98. The maximum Gasteiger partial charge on any atom is 0.180 e. The first-order valence-electron chi connectivity index (χ1n) is 6.59. The van der Waals surface area contributed by atoms with Crippen molar-refractivity contribution in [1.29, 1.82) is 0 Å². The number of imidazole rings is 1. The predicted molar refractivity (Wildman–Crippen MR) is 78.8 cm³/mol. The van der Waals surface area contributed by atoms with E-state index in [-0.39, 0.29) is 0 Å². The molecule has 0 fully saturated rings.